The van der Waals surface area contributed by atoms with Gasteiger partial charge in [-0.2, -0.15) is 11.8 Å². The molecule has 0 unspecified atom stereocenters. The zero-order valence-corrected chi connectivity index (χ0v) is 72.6. The van der Waals surface area contributed by atoms with Gasteiger partial charge < -0.3 is 33.4 Å². The topological polar surface area (TPSA) is 144 Å². The maximum atomic E-state index is 11.1. The van der Waals surface area contributed by atoms with Gasteiger partial charge in [0.25, 0.3) is 0 Å². The van der Waals surface area contributed by atoms with E-state index in [0.717, 1.165) is 63.2 Å². The Balaban J connectivity index is 0.00000127. The molecule has 0 aliphatic carbocycles. The summed E-state index contributed by atoms with van der Waals surface area (Å²) in [6.45, 7) is 9.87. The van der Waals surface area contributed by atoms with Gasteiger partial charge in [0, 0.05) is 279 Å². The third-order valence-electron chi connectivity index (χ3n) is 15.3. The molecule has 1 fully saturated rings. The van der Waals surface area contributed by atoms with Crippen LogP contribution in [0.2, 0.25) is 0 Å². The highest BCUT2D eigenvalue weighted by Crippen LogP contribution is 2.36. The highest BCUT2D eigenvalue weighted by Gasteiger charge is 2.54. The Kier molecular flexibility index (Phi) is 54.9. The molecule has 0 aromatic heterocycles. The second-order valence-corrected chi connectivity index (χ2v) is 35.9. The lowest BCUT2D eigenvalue weighted by Crippen LogP contribution is -2.89. The minimum Gasteiger partial charge on any atom is -0.508 e. The van der Waals surface area contributed by atoms with Crippen molar-refractivity contribution in [3.63, 3.8) is 0 Å². The molecule has 5 aromatic carbocycles. The quantitative estimate of drug-likeness (QED) is 0.0390. The molecule has 1 heterocycles. The maximum Gasteiger partial charge on any atom is 0.494 e. The summed E-state index contributed by atoms with van der Waals surface area (Å²) in [7, 11) is 96.8. The number of sulfone groups is 2. The van der Waals surface area contributed by atoms with E-state index in [2.05, 4.69) is 118 Å². The number of ether oxygens (including phenoxy) is 4. The van der Waals surface area contributed by atoms with E-state index in [1.165, 1.54) is 12.5 Å². The normalized spacial score (nSPS) is 12.0. The van der Waals surface area contributed by atoms with E-state index in [-0.39, 0.29) is 35.9 Å². The number of alkyl halides is 3. The number of halogens is 7. The molecule has 0 bridgehead atoms. The number of phenolic OH excluding ortho intramolecular Hbond substituents is 1. The van der Waals surface area contributed by atoms with Gasteiger partial charge in [0.05, 0.1) is 35.9 Å². The molecule has 0 atom stereocenters. The van der Waals surface area contributed by atoms with Gasteiger partial charge >= 0.3 is 7.12 Å². The third kappa shape index (κ3) is 44.1. The summed E-state index contributed by atoms with van der Waals surface area (Å²) >= 11 is 24.7. The van der Waals surface area contributed by atoms with E-state index in [1.807, 2.05) is 100 Å². The highest BCUT2D eigenvalue weighted by atomic mass is 79.9. The summed E-state index contributed by atoms with van der Waals surface area (Å²) in [5.74, 6) is 4.54. The molecule has 54 heteroatoms. The standard InChI is InChI=1S/C15H23BO5S.C9H11BrO3S.C9H11BrOS.C8H8Br2O.C6H5BrO.C2H4Br2.B32/c1-14(2)15(3,4)21-16(20-14)12-6-8-13(9-7-12)19-10-11-22(5,17)18;1-14(11,12)7-6-13-9-4-2-8(10)3-5-9;1-12-7-6-11-9-4-2-8(10)3-5-9;9-5-6-11-8-3-1-7(10)2-4-8;7-5-1-3-6(8)4-2-5;3-1-2-4;1-18(2)26(17)30(25(15)16)32(29(23(11)12)24(13)14)31(27(19(3)4)20(5)6)28(21(7)8)22(9)10/h6-9H,10-11H2,1-5H3;2-5H,6-7H2,1H3;2-5H,6-7H2,1H3;1-4H,5-6H2;1-4,8H;1-2H2;. The van der Waals surface area contributed by atoms with Crippen molar-refractivity contribution in [1.82, 2.24) is 0 Å². The first-order valence-corrected chi connectivity index (χ1v) is 43.9. The molecule has 0 amide bonds. The van der Waals surface area contributed by atoms with E-state index in [0.29, 0.717) is 23.9 Å². The molecule has 1 saturated heterocycles. The predicted octanol–water partition coefficient (Wildman–Crippen LogP) is 1.44. The van der Waals surface area contributed by atoms with Crippen LogP contribution < -0.4 is 24.4 Å². The van der Waals surface area contributed by atoms with Gasteiger partial charge in [-0.15, -0.1) is 0 Å². The van der Waals surface area contributed by atoms with Crippen molar-refractivity contribution < 1.29 is 50.2 Å². The fourth-order valence-corrected chi connectivity index (χ4v) is 11.9. The van der Waals surface area contributed by atoms with Gasteiger partial charge in [0.15, 0.2) is 19.7 Å². The molecule has 1 aliphatic rings. The Labute approximate surface area is 710 Å². The van der Waals surface area contributed by atoms with E-state index in [9.17, 15) is 16.8 Å². The first kappa shape index (κ1) is 104. The van der Waals surface area contributed by atoms with Crippen molar-refractivity contribution >= 4 is 383 Å². The van der Waals surface area contributed by atoms with Crippen LogP contribution in [0.5, 0.6) is 28.7 Å². The van der Waals surface area contributed by atoms with Crippen molar-refractivity contribution in [2.45, 2.75) is 38.9 Å². The van der Waals surface area contributed by atoms with Crippen molar-refractivity contribution in [1.29, 1.82) is 0 Å². The van der Waals surface area contributed by atoms with E-state index in [4.69, 9.17) is 165 Å². The Morgan fingerprint density at radius 1 is 0.398 bits per heavy atom. The maximum absolute atomic E-state index is 11.1. The van der Waals surface area contributed by atoms with Crippen molar-refractivity contribution in [3.05, 3.63) is 139 Å². The zero-order chi connectivity index (χ0) is 79.2. The Morgan fingerprint density at radius 3 is 0.903 bits per heavy atom. The van der Waals surface area contributed by atoms with Crippen molar-refractivity contribution in [2.75, 3.05) is 78.4 Å². The zero-order valence-electron chi connectivity index (χ0n) is 59.1. The lowest BCUT2D eigenvalue weighted by atomic mass is 8.30. The van der Waals surface area contributed by atoms with Crippen molar-refractivity contribution in [3.8, 4) is 28.7 Å². The van der Waals surface area contributed by atoms with Crippen LogP contribution in [0.4, 0.5) is 0 Å². The monoisotopic (exact) mass is 1840 g/mol. The number of phenols is 1. The SMILES string of the molecule is BrCCBr.BrCCOc1ccc(Br)cc1.CC1(C)OB(c2ccc(OCCS(C)(=O)=O)cc2)OC1(C)C.CS(=O)(=O)CCOc1ccc(Br)cc1.CSCCOc1ccc(Br)cc1.Oc1ccc(Br)cc1.[B]B([B])B([B])B(B([B])[B])B(B(B([B])[B])B([B])[B])B(B(B([B])[B])B([B])[B])B(B([B])[B])B([B])[B]. The first-order chi connectivity index (χ1) is 47.8. The average Bonchev–Trinajstić information content (AvgIpc) is 1.74. The molecule has 11 nitrogen and oxygen atoms in total. The Hall–Kier alpha value is 0.773. The van der Waals surface area contributed by atoms with Crippen LogP contribution >= 0.6 is 123 Å². The fourth-order valence-electron chi connectivity index (χ4n) is 9.63. The molecule has 34 radical (unpaired) electrons. The molecule has 1 aliphatic heterocycles. The summed E-state index contributed by atoms with van der Waals surface area (Å²) in [6, 6.07) is 37.1. The second-order valence-electron chi connectivity index (χ2n) is 24.4. The molecular formula is C49H62B33Br7O11S3. The van der Waals surface area contributed by atoms with Crippen LogP contribution in [-0.2, 0) is 29.0 Å². The van der Waals surface area contributed by atoms with E-state index in [1.54, 1.807) is 60.3 Å². The van der Waals surface area contributed by atoms with Crippen LogP contribution in [0.1, 0.15) is 27.7 Å². The summed E-state index contributed by atoms with van der Waals surface area (Å²) in [5, 5.41) is 11.7. The van der Waals surface area contributed by atoms with Crippen LogP contribution in [0, 0.1) is 0 Å². The van der Waals surface area contributed by atoms with Gasteiger partial charge in [0.1, 0.15) is 42.0 Å². The van der Waals surface area contributed by atoms with Gasteiger partial charge in [-0.05, 0) is 149 Å². The number of hydrogen-bond donors (Lipinski definition) is 1. The smallest absolute Gasteiger partial charge is 0.494 e. The number of hydrogen-bond acceptors (Lipinski definition) is 12. The predicted molar refractivity (Wildman–Crippen MR) is 506 cm³/mol. The van der Waals surface area contributed by atoms with Gasteiger partial charge in [-0.1, -0.05) is 124 Å². The number of thioether (sulfide) groups is 1. The molecule has 490 valence electrons. The largest absolute Gasteiger partial charge is 0.508 e. The fraction of sp³-hybridized carbons (Fsp3) is 0.388. The molecule has 1 N–H and O–H groups in total. The summed E-state index contributed by atoms with van der Waals surface area (Å²) in [5.41, 5.74) is 0.166. The first-order valence-electron chi connectivity index (χ1n) is 31.9. The van der Waals surface area contributed by atoms with Crippen molar-refractivity contribution in [2.24, 2.45) is 0 Å². The second kappa shape index (κ2) is 54.5. The minimum absolute atomic E-state index is 0.00593. The third-order valence-corrected chi connectivity index (χ3v) is 22.0. The number of aromatic hydroxyl groups is 1. The molecule has 5 aromatic rings. The average molecular weight is 1840 g/mol. The number of rotatable bonds is 31. The van der Waals surface area contributed by atoms with Gasteiger partial charge in [-0.3, -0.25) is 0 Å². The van der Waals surface area contributed by atoms with Crippen LogP contribution in [0.15, 0.2) is 139 Å². The summed E-state index contributed by atoms with van der Waals surface area (Å²) < 4.78 is 81.2. The summed E-state index contributed by atoms with van der Waals surface area (Å²) in [4.78, 5) is 0. The summed E-state index contributed by atoms with van der Waals surface area (Å²) in [6.07, 6.45) is -10.7. The van der Waals surface area contributed by atoms with Crippen LogP contribution in [0.25, 0.3) is 0 Å². The molecule has 0 saturated carbocycles. The van der Waals surface area contributed by atoms with Crippen LogP contribution in [-0.4, -0.2) is 346 Å². The molecule has 103 heavy (non-hydrogen) atoms. The minimum atomic E-state index is -3.01. The van der Waals surface area contributed by atoms with Crippen LogP contribution in [0.3, 0.4) is 0 Å². The van der Waals surface area contributed by atoms with Gasteiger partial charge in [-0.25, -0.2) is 16.8 Å². The Morgan fingerprint density at radius 2 is 0.660 bits per heavy atom. The molecular weight excluding hydrogens is 1780 g/mol. The van der Waals surface area contributed by atoms with Gasteiger partial charge in [0.2, 0.25) is 0 Å². The molecule has 0 spiro atoms. The Bertz CT molecular complexity index is 3200. The lowest BCUT2D eigenvalue weighted by Gasteiger charge is -2.51. The number of benzene rings is 5. The van der Waals surface area contributed by atoms with E-state index >= 15 is 0 Å². The lowest BCUT2D eigenvalue weighted by molar-refractivity contribution is 0.00578. The van der Waals surface area contributed by atoms with E-state index < -0.39 is 123 Å². The molecule has 6 rings (SSSR count). The highest BCUT2D eigenvalue weighted by molar-refractivity contribution is 9.12.